The zero-order valence-corrected chi connectivity index (χ0v) is 21.3. The molecule has 1 aliphatic rings. The third-order valence-electron chi connectivity index (χ3n) is 5.41. The highest BCUT2D eigenvalue weighted by Gasteiger charge is 2.21. The van der Waals surface area contributed by atoms with Crippen molar-refractivity contribution >= 4 is 44.9 Å². The van der Waals surface area contributed by atoms with Crippen molar-refractivity contribution in [3.63, 3.8) is 0 Å². The van der Waals surface area contributed by atoms with Gasteiger partial charge in [-0.1, -0.05) is 77.6 Å². The van der Waals surface area contributed by atoms with E-state index in [1.165, 1.54) is 0 Å². The van der Waals surface area contributed by atoms with Crippen LogP contribution in [0.1, 0.15) is 49.8 Å². The summed E-state index contributed by atoms with van der Waals surface area (Å²) in [5, 5.41) is 2.88. The molecule has 0 aliphatic carbocycles. The number of nitrogens with zero attached hydrogens (tertiary/aromatic N) is 1. The predicted molar refractivity (Wildman–Crippen MR) is 142 cm³/mol. The first kappa shape index (κ1) is 25.9. The number of carbonyl (C=O) groups excluding carboxylic acids is 3. The maximum absolute atomic E-state index is 13.2. The molecule has 0 fully saturated rings. The van der Waals surface area contributed by atoms with E-state index in [1.54, 1.807) is 26.5 Å². The molecule has 0 unspecified atom stereocenters. The van der Waals surface area contributed by atoms with Crippen LogP contribution >= 0.6 is 21.6 Å². The first-order valence-electron chi connectivity index (χ1n) is 11.5. The van der Waals surface area contributed by atoms with E-state index in [0.29, 0.717) is 19.5 Å². The molecule has 7 heteroatoms. The Balaban J connectivity index is 1.47. The number of fused-ring (bicyclic) bond motifs is 2. The molecule has 0 saturated carbocycles. The number of ketones is 1. The Kier molecular flexibility index (Phi) is 10.1. The molecule has 2 aromatic rings. The SMILES string of the molecule is CC(C)C(=O)CCSSCCNC(=O)CCC(=O)N1Cc2ccccc2C#Cc2ccccc21. The largest absolute Gasteiger partial charge is 0.355 e. The highest BCUT2D eigenvalue weighted by molar-refractivity contribution is 8.76. The van der Waals surface area contributed by atoms with Gasteiger partial charge in [0.05, 0.1) is 12.2 Å². The molecule has 0 spiro atoms. The van der Waals surface area contributed by atoms with Crippen molar-refractivity contribution in [3.8, 4) is 11.8 Å². The standard InChI is InChI=1S/C27H30N2O3S2/c1-20(2)25(30)15-17-33-34-18-16-28-26(31)13-14-27(32)29-19-23-9-4-3-7-21(23)11-12-22-8-5-6-10-24(22)29/h3-10,20H,13-19H2,1-2H3,(H,28,31). The van der Waals surface area contributed by atoms with Gasteiger partial charge in [0.25, 0.3) is 0 Å². The molecule has 5 nitrogen and oxygen atoms in total. The summed E-state index contributed by atoms with van der Waals surface area (Å²) in [5.74, 6) is 8.08. The second-order valence-electron chi connectivity index (χ2n) is 8.27. The summed E-state index contributed by atoms with van der Waals surface area (Å²) in [4.78, 5) is 38.8. The maximum atomic E-state index is 13.2. The topological polar surface area (TPSA) is 66.5 Å². The lowest BCUT2D eigenvalue weighted by Gasteiger charge is -2.26. The van der Waals surface area contributed by atoms with Crippen LogP contribution < -0.4 is 10.2 Å². The number of nitrogens with one attached hydrogen (secondary N) is 1. The molecule has 178 valence electrons. The number of rotatable bonds is 11. The Hall–Kier alpha value is -2.69. The zero-order chi connectivity index (χ0) is 24.3. The van der Waals surface area contributed by atoms with Gasteiger partial charge in [0.15, 0.2) is 0 Å². The zero-order valence-electron chi connectivity index (χ0n) is 19.6. The minimum absolute atomic E-state index is 0.0857. The lowest BCUT2D eigenvalue weighted by atomic mass is 10.0. The Bertz CT molecular complexity index is 1090. The summed E-state index contributed by atoms with van der Waals surface area (Å²) >= 11 is 0. The number of para-hydroxylation sites is 1. The number of carbonyl (C=O) groups is 3. The smallest absolute Gasteiger partial charge is 0.227 e. The van der Waals surface area contributed by atoms with E-state index in [0.717, 1.165) is 33.9 Å². The summed E-state index contributed by atoms with van der Waals surface area (Å²) in [5.41, 5.74) is 3.49. The Morgan fingerprint density at radius 2 is 1.59 bits per heavy atom. The van der Waals surface area contributed by atoms with Crippen LogP contribution in [0, 0.1) is 17.8 Å². The molecule has 0 radical (unpaired) electrons. The minimum Gasteiger partial charge on any atom is -0.355 e. The molecule has 1 aliphatic heterocycles. The summed E-state index contributed by atoms with van der Waals surface area (Å²) in [7, 11) is 3.30. The number of hydrogen-bond donors (Lipinski definition) is 1. The van der Waals surface area contributed by atoms with E-state index in [4.69, 9.17) is 0 Å². The van der Waals surface area contributed by atoms with Gasteiger partial charge in [-0.15, -0.1) is 0 Å². The first-order valence-corrected chi connectivity index (χ1v) is 14.0. The van der Waals surface area contributed by atoms with E-state index in [1.807, 2.05) is 62.4 Å². The van der Waals surface area contributed by atoms with Crippen LogP contribution in [-0.2, 0) is 20.9 Å². The van der Waals surface area contributed by atoms with E-state index < -0.39 is 0 Å². The van der Waals surface area contributed by atoms with Crippen LogP contribution in [0.4, 0.5) is 5.69 Å². The van der Waals surface area contributed by atoms with Crippen LogP contribution in [0.2, 0.25) is 0 Å². The van der Waals surface area contributed by atoms with Gasteiger partial charge in [-0.3, -0.25) is 14.4 Å². The molecule has 3 rings (SSSR count). The Morgan fingerprint density at radius 3 is 2.38 bits per heavy atom. The van der Waals surface area contributed by atoms with Crippen molar-refractivity contribution in [1.82, 2.24) is 5.32 Å². The molecular formula is C27H30N2O3S2. The van der Waals surface area contributed by atoms with E-state index in [-0.39, 0.29) is 36.4 Å². The van der Waals surface area contributed by atoms with Crippen LogP contribution in [0.25, 0.3) is 0 Å². The van der Waals surface area contributed by atoms with Crippen molar-refractivity contribution in [2.75, 3.05) is 23.0 Å². The molecule has 1 heterocycles. The van der Waals surface area contributed by atoms with Gasteiger partial charge >= 0.3 is 0 Å². The molecule has 0 aromatic heterocycles. The monoisotopic (exact) mass is 494 g/mol. The lowest BCUT2D eigenvalue weighted by molar-refractivity contribution is -0.125. The summed E-state index contributed by atoms with van der Waals surface area (Å²) in [6, 6.07) is 15.5. The normalized spacial score (nSPS) is 12.0. The van der Waals surface area contributed by atoms with E-state index >= 15 is 0 Å². The number of anilines is 1. The van der Waals surface area contributed by atoms with Crippen molar-refractivity contribution in [2.45, 2.75) is 39.7 Å². The molecular weight excluding hydrogens is 464 g/mol. The highest BCUT2D eigenvalue weighted by Crippen LogP contribution is 2.26. The fourth-order valence-electron chi connectivity index (χ4n) is 3.43. The average Bonchev–Trinajstić information content (AvgIpc) is 2.83. The second-order valence-corrected chi connectivity index (χ2v) is 11.0. The van der Waals surface area contributed by atoms with Gasteiger partial charge in [-0.25, -0.2) is 0 Å². The van der Waals surface area contributed by atoms with E-state index in [2.05, 4.69) is 17.2 Å². The number of benzene rings is 2. The molecule has 1 N–H and O–H groups in total. The average molecular weight is 495 g/mol. The predicted octanol–water partition coefficient (Wildman–Crippen LogP) is 4.83. The Morgan fingerprint density at radius 1 is 0.912 bits per heavy atom. The molecule has 0 saturated heterocycles. The summed E-state index contributed by atoms with van der Waals surface area (Å²) in [6.45, 7) is 4.80. The third kappa shape index (κ3) is 7.68. The van der Waals surface area contributed by atoms with Crippen LogP contribution in [0.5, 0.6) is 0 Å². The first-order chi connectivity index (χ1) is 16.5. The number of Topliss-reactive ketones (excluding diaryl/α,β-unsaturated/α-hetero) is 1. The van der Waals surface area contributed by atoms with E-state index in [9.17, 15) is 14.4 Å². The fraction of sp³-hybridized carbons (Fsp3) is 0.370. The molecule has 2 aromatic carbocycles. The van der Waals surface area contributed by atoms with Gasteiger partial charge in [-0.2, -0.15) is 0 Å². The molecule has 34 heavy (non-hydrogen) atoms. The fourth-order valence-corrected chi connectivity index (χ4v) is 5.34. The van der Waals surface area contributed by atoms with Crippen LogP contribution in [-0.4, -0.2) is 35.6 Å². The highest BCUT2D eigenvalue weighted by atomic mass is 33.1. The van der Waals surface area contributed by atoms with Crippen LogP contribution in [0.15, 0.2) is 48.5 Å². The van der Waals surface area contributed by atoms with Gasteiger partial charge < -0.3 is 10.2 Å². The summed E-state index contributed by atoms with van der Waals surface area (Å²) < 4.78 is 0. The lowest BCUT2D eigenvalue weighted by Crippen LogP contribution is -2.33. The maximum Gasteiger partial charge on any atom is 0.227 e. The van der Waals surface area contributed by atoms with Gasteiger partial charge in [-0.05, 0) is 23.8 Å². The molecule has 0 atom stereocenters. The third-order valence-corrected chi connectivity index (χ3v) is 7.81. The van der Waals surface area contributed by atoms with Crippen molar-refractivity contribution < 1.29 is 14.4 Å². The van der Waals surface area contributed by atoms with Gasteiger partial charge in [0.1, 0.15) is 5.78 Å². The van der Waals surface area contributed by atoms with Gasteiger partial charge in [0, 0.05) is 54.4 Å². The molecule has 0 bridgehead atoms. The quantitative estimate of drug-likeness (QED) is 0.275. The number of hydrogen-bond acceptors (Lipinski definition) is 5. The van der Waals surface area contributed by atoms with Crippen molar-refractivity contribution in [3.05, 3.63) is 65.2 Å². The Labute approximate surface area is 209 Å². The van der Waals surface area contributed by atoms with Crippen molar-refractivity contribution in [1.29, 1.82) is 0 Å². The van der Waals surface area contributed by atoms with Crippen molar-refractivity contribution in [2.24, 2.45) is 5.92 Å². The molecule has 2 amide bonds. The van der Waals surface area contributed by atoms with Gasteiger partial charge in [0.2, 0.25) is 11.8 Å². The minimum atomic E-state index is -0.130. The second kappa shape index (κ2) is 13.3. The summed E-state index contributed by atoms with van der Waals surface area (Å²) in [6.07, 6.45) is 0.861. The number of amides is 2. The van der Waals surface area contributed by atoms with Crippen LogP contribution in [0.3, 0.4) is 0 Å².